The van der Waals surface area contributed by atoms with Crippen LogP contribution in [0.25, 0.3) is 0 Å². The van der Waals surface area contributed by atoms with Crippen LogP contribution in [0.2, 0.25) is 0 Å². The molecule has 1 N–H and O–H groups in total. The zero-order valence-electron chi connectivity index (χ0n) is 11.0. The quantitative estimate of drug-likeness (QED) is 0.911. The Bertz CT molecular complexity index is 385. The Morgan fingerprint density at radius 3 is 2.56 bits per heavy atom. The fourth-order valence-corrected chi connectivity index (χ4v) is 2.22. The molecule has 1 aromatic rings. The largest absolute Gasteiger partial charge is 0.337 e. The number of likely N-dealkylation sites (N-methyl/N-ethyl adjacent to an activating group) is 1. The monoisotopic (exact) mass is 268 g/mol. The van der Waals surface area contributed by atoms with Gasteiger partial charge in [0.1, 0.15) is 0 Å². The number of halogens is 1. The first-order chi connectivity index (χ1) is 8.22. The molecule has 1 aliphatic rings. The number of nitrogens with zero attached hydrogens (tertiary/aromatic N) is 1. The standard InChI is InChI=1S/C14H20N2O.ClH/c1-3-11-4-6-12(7-5-11)14(17)16(2)13-8-9-15-10-13;/h4-7,13,15H,3,8-10H2,1-2H3;1H. The van der Waals surface area contributed by atoms with Gasteiger partial charge in [0.2, 0.25) is 0 Å². The van der Waals surface area contributed by atoms with Crippen LogP contribution in [0.1, 0.15) is 29.3 Å². The highest BCUT2D eigenvalue weighted by atomic mass is 35.5. The lowest BCUT2D eigenvalue weighted by Gasteiger charge is -2.23. The van der Waals surface area contributed by atoms with Crippen LogP contribution < -0.4 is 5.32 Å². The minimum Gasteiger partial charge on any atom is -0.337 e. The first kappa shape index (κ1) is 15.0. The van der Waals surface area contributed by atoms with Crippen LogP contribution >= 0.6 is 12.4 Å². The molecule has 4 heteroatoms. The molecule has 18 heavy (non-hydrogen) atoms. The smallest absolute Gasteiger partial charge is 0.253 e. The summed E-state index contributed by atoms with van der Waals surface area (Å²) in [6, 6.07) is 8.27. The Morgan fingerprint density at radius 1 is 1.39 bits per heavy atom. The van der Waals surface area contributed by atoms with Crippen molar-refractivity contribution < 1.29 is 4.79 Å². The van der Waals surface area contributed by atoms with Crippen LogP contribution in [0, 0.1) is 0 Å². The van der Waals surface area contributed by atoms with Gasteiger partial charge < -0.3 is 10.2 Å². The first-order valence-corrected chi connectivity index (χ1v) is 6.29. The molecule has 0 saturated carbocycles. The number of hydrogen-bond acceptors (Lipinski definition) is 2. The third-order valence-corrected chi connectivity index (χ3v) is 3.51. The predicted molar refractivity (Wildman–Crippen MR) is 76.4 cm³/mol. The molecule has 1 amide bonds. The van der Waals surface area contributed by atoms with Crippen molar-refractivity contribution in [1.82, 2.24) is 10.2 Å². The number of benzene rings is 1. The lowest BCUT2D eigenvalue weighted by molar-refractivity contribution is 0.0744. The van der Waals surface area contributed by atoms with Crippen molar-refractivity contribution in [1.29, 1.82) is 0 Å². The summed E-state index contributed by atoms with van der Waals surface area (Å²) in [7, 11) is 1.90. The maximum Gasteiger partial charge on any atom is 0.253 e. The normalized spacial score (nSPS) is 18.2. The topological polar surface area (TPSA) is 32.3 Å². The summed E-state index contributed by atoms with van der Waals surface area (Å²) in [5.74, 6) is 0.126. The Morgan fingerprint density at radius 2 is 2.06 bits per heavy atom. The minimum absolute atomic E-state index is 0. The number of rotatable bonds is 3. The highest BCUT2D eigenvalue weighted by Crippen LogP contribution is 2.12. The van der Waals surface area contributed by atoms with Gasteiger partial charge in [0.25, 0.3) is 5.91 Å². The third-order valence-electron chi connectivity index (χ3n) is 3.51. The molecule has 1 heterocycles. The summed E-state index contributed by atoms with van der Waals surface area (Å²) < 4.78 is 0. The van der Waals surface area contributed by atoms with Crippen molar-refractivity contribution in [3.05, 3.63) is 35.4 Å². The van der Waals surface area contributed by atoms with Crippen LogP contribution in [0.15, 0.2) is 24.3 Å². The number of aryl methyl sites for hydroxylation is 1. The fourth-order valence-electron chi connectivity index (χ4n) is 2.22. The number of carbonyl (C=O) groups excluding carboxylic acids is 1. The Kier molecular flexibility index (Phi) is 5.63. The SMILES string of the molecule is CCc1ccc(C(=O)N(C)C2CCNC2)cc1.Cl. The first-order valence-electron chi connectivity index (χ1n) is 6.29. The molecule has 1 fully saturated rings. The molecule has 0 aromatic heterocycles. The van der Waals surface area contributed by atoms with Crippen LogP contribution in [-0.2, 0) is 6.42 Å². The average Bonchev–Trinajstić information content (AvgIpc) is 2.91. The summed E-state index contributed by atoms with van der Waals surface area (Å²) in [5.41, 5.74) is 2.06. The van der Waals surface area contributed by atoms with Gasteiger partial charge in [-0.05, 0) is 37.1 Å². The van der Waals surface area contributed by atoms with E-state index in [1.165, 1.54) is 5.56 Å². The summed E-state index contributed by atoms with van der Waals surface area (Å²) in [6.45, 7) is 4.04. The summed E-state index contributed by atoms with van der Waals surface area (Å²) >= 11 is 0. The zero-order valence-corrected chi connectivity index (χ0v) is 11.8. The highest BCUT2D eigenvalue weighted by Gasteiger charge is 2.23. The van der Waals surface area contributed by atoms with Crippen molar-refractivity contribution in [3.8, 4) is 0 Å². The summed E-state index contributed by atoms with van der Waals surface area (Å²) in [4.78, 5) is 14.1. The van der Waals surface area contributed by atoms with Gasteiger partial charge in [-0.3, -0.25) is 4.79 Å². The summed E-state index contributed by atoms with van der Waals surface area (Å²) in [5, 5.41) is 3.28. The van der Waals surface area contributed by atoms with Gasteiger partial charge in [0.15, 0.2) is 0 Å². The molecule has 1 unspecified atom stereocenters. The second-order valence-corrected chi connectivity index (χ2v) is 4.61. The van der Waals surface area contributed by atoms with E-state index in [9.17, 15) is 4.79 Å². The molecule has 1 atom stereocenters. The maximum atomic E-state index is 12.2. The Hall–Kier alpha value is -1.06. The van der Waals surface area contributed by atoms with E-state index in [1.54, 1.807) is 0 Å². The van der Waals surface area contributed by atoms with E-state index in [-0.39, 0.29) is 18.3 Å². The van der Waals surface area contributed by atoms with Crippen molar-refractivity contribution in [2.45, 2.75) is 25.8 Å². The molecule has 0 bridgehead atoms. The molecule has 0 radical (unpaired) electrons. The number of amides is 1. The van der Waals surface area contributed by atoms with E-state index in [1.807, 2.05) is 36.2 Å². The average molecular weight is 269 g/mol. The molecule has 2 rings (SSSR count). The van der Waals surface area contributed by atoms with Crippen LogP contribution in [0.5, 0.6) is 0 Å². The lowest BCUT2D eigenvalue weighted by atomic mass is 10.1. The van der Waals surface area contributed by atoms with Gasteiger partial charge in [-0.1, -0.05) is 19.1 Å². The lowest BCUT2D eigenvalue weighted by Crippen LogP contribution is -2.38. The van der Waals surface area contributed by atoms with Gasteiger partial charge in [-0.25, -0.2) is 0 Å². The van der Waals surface area contributed by atoms with Gasteiger partial charge in [-0.15, -0.1) is 12.4 Å². The van der Waals surface area contributed by atoms with E-state index >= 15 is 0 Å². The van der Waals surface area contributed by atoms with Gasteiger partial charge >= 0.3 is 0 Å². The third kappa shape index (κ3) is 3.24. The van der Waals surface area contributed by atoms with Crippen molar-refractivity contribution >= 4 is 18.3 Å². The van der Waals surface area contributed by atoms with Crippen molar-refractivity contribution in [2.75, 3.05) is 20.1 Å². The predicted octanol–water partition coefficient (Wildman–Crippen LogP) is 2.10. The molecular weight excluding hydrogens is 248 g/mol. The molecule has 0 spiro atoms. The minimum atomic E-state index is 0. The second kappa shape index (κ2) is 6.76. The highest BCUT2D eigenvalue weighted by molar-refractivity contribution is 5.94. The van der Waals surface area contributed by atoms with Crippen molar-refractivity contribution in [3.63, 3.8) is 0 Å². The zero-order chi connectivity index (χ0) is 12.3. The fraction of sp³-hybridized carbons (Fsp3) is 0.500. The molecule has 1 aromatic carbocycles. The summed E-state index contributed by atoms with van der Waals surface area (Å²) in [6.07, 6.45) is 2.06. The molecule has 100 valence electrons. The molecule has 1 saturated heterocycles. The molecule has 3 nitrogen and oxygen atoms in total. The van der Waals surface area contributed by atoms with E-state index in [2.05, 4.69) is 12.2 Å². The molecule has 1 aliphatic heterocycles. The van der Waals surface area contributed by atoms with Crippen LogP contribution in [0.4, 0.5) is 0 Å². The van der Waals surface area contributed by atoms with Gasteiger partial charge in [0.05, 0.1) is 0 Å². The van der Waals surface area contributed by atoms with Crippen LogP contribution in [0.3, 0.4) is 0 Å². The maximum absolute atomic E-state index is 12.2. The number of hydrogen-bond donors (Lipinski definition) is 1. The van der Waals surface area contributed by atoms with Gasteiger partial charge in [-0.2, -0.15) is 0 Å². The number of carbonyl (C=O) groups is 1. The Balaban J connectivity index is 0.00000162. The number of nitrogens with one attached hydrogen (secondary N) is 1. The van der Waals surface area contributed by atoms with E-state index in [0.717, 1.165) is 31.5 Å². The van der Waals surface area contributed by atoms with Crippen LogP contribution in [-0.4, -0.2) is 37.0 Å². The molecular formula is C14H21ClN2O. The van der Waals surface area contributed by atoms with E-state index in [4.69, 9.17) is 0 Å². The van der Waals surface area contributed by atoms with E-state index in [0.29, 0.717) is 6.04 Å². The second-order valence-electron chi connectivity index (χ2n) is 4.61. The van der Waals surface area contributed by atoms with Gasteiger partial charge in [0, 0.05) is 25.2 Å². The van der Waals surface area contributed by atoms with E-state index < -0.39 is 0 Å². The van der Waals surface area contributed by atoms with Crippen molar-refractivity contribution in [2.24, 2.45) is 0 Å². The Labute approximate surface area is 115 Å². The molecule has 0 aliphatic carbocycles.